The summed E-state index contributed by atoms with van der Waals surface area (Å²) in [6.45, 7) is 3.18. The van der Waals surface area contributed by atoms with Crippen LogP contribution in [0.3, 0.4) is 0 Å². The van der Waals surface area contributed by atoms with Crippen LogP contribution >= 0.6 is 23.4 Å². The maximum Gasteiger partial charge on any atom is 0.277 e. The van der Waals surface area contributed by atoms with Gasteiger partial charge in [-0.25, -0.2) is 4.39 Å². The van der Waals surface area contributed by atoms with Crippen molar-refractivity contribution in [2.45, 2.75) is 11.3 Å². The molecule has 0 unspecified atom stereocenters. The first-order chi connectivity index (χ1) is 15.6. The lowest BCUT2D eigenvalue weighted by Crippen LogP contribution is -2.44. The van der Waals surface area contributed by atoms with Crippen molar-refractivity contribution in [1.29, 1.82) is 0 Å². The maximum absolute atomic E-state index is 13.4. The van der Waals surface area contributed by atoms with E-state index in [4.69, 9.17) is 20.8 Å². The standard InChI is InChI=1S/C22H22ClFN4O3S/c23-17-5-1-16(2-6-17)21-26-27-22(31-21)32-14-20(29)25-13-19(28-9-11-30-12-10-28)15-3-7-18(24)8-4-15/h1-8,19H,9-14H2,(H,25,29)/t19-/m1/s1. The van der Waals surface area contributed by atoms with E-state index in [1.807, 2.05) is 0 Å². The van der Waals surface area contributed by atoms with Crippen LogP contribution in [0.25, 0.3) is 11.5 Å². The molecule has 0 radical (unpaired) electrons. The minimum atomic E-state index is -0.285. The molecule has 10 heteroatoms. The highest BCUT2D eigenvalue weighted by atomic mass is 35.5. The van der Waals surface area contributed by atoms with Gasteiger partial charge < -0.3 is 14.5 Å². The third-order valence-electron chi connectivity index (χ3n) is 5.06. The number of nitrogens with zero attached hydrogens (tertiary/aromatic N) is 3. The van der Waals surface area contributed by atoms with Crippen LogP contribution in [0.15, 0.2) is 58.2 Å². The molecule has 1 fully saturated rings. The molecule has 3 aromatic rings. The SMILES string of the molecule is O=C(CSc1nnc(-c2ccc(Cl)cc2)o1)NC[C@H](c1ccc(F)cc1)N1CCOCC1. The molecule has 2 aromatic carbocycles. The van der Waals surface area contributed by atoms with Gasteiger partial charge in [0.2, 0.25) is 11.8 Å². The van der Waals surface area contributed by atoms with Gasteiger partial charge in [-0.2, -0.15) is 0 Å². The zero-order valence-electron chi connectivity index (χ0n) is 17.2. The van der Waals surface area contributed by atoms with E-state index in [-0.39, 0.29) is 23.5 Å². The molecule has 1 atom stereocenters. The third kappa shape index (κ3) is 6.07. The normalized spacial score (nSPS) is 15.4. The number of amides is 1. The van der Waals surface area contributed by atoms with Gasteiger partial charge in [-0.05, 0) is 42.0 Å². The number of morpholine rings is 1. The first kappa shape index (κ1) is 22.7. The van der Waals surface area contributed by atoms with Crippen LogP contribution in [0.2, 0.25) is 5.02 Å². The smallest absolute Gasteiger partial charge is 0.277 e. The van der Waals surface area contributed by atoms with E-state index in [2.05, 4.69) is 20.4 Å². The maximum atomic E-state index is 13.4. The molecule has 0 aliphatic carbocycles. The van der Waals surface area contributed by atoms with Gasteiger partial charge in [0.15, 0.2) is 0 Å². The van der Waals surface area contributed by atoms with Gasteiger partial charge in [0.05, 0.1) is 25.0 Å². The topological polar surface area (TPSA) is 80.5 Å². The summed E-state index contributed by atoms with van der Waals surface area (Å²) in [6.07, 6.45) is 0. The number of aromatic nitrogens is 2. The van der Waals surface area contributed by atoms with E-state index in [1.165, 1.54) is 23.9 Å². The Morgan fingerprint density at radius 1 is 1.12 bits per heavy atom. The minimum absolute atomic E-state index is 0.0617. The predicted molar refractivity (Wildman–Crippen MR) is 120 cm³/mol. The number of rotatable bonds is 8. The molecule has 1 saturated heterocycles. The van der Waals surface area contributed by atoms with Crippen molar-refractivity contribution in [3.8, 4) is 11.5 Å². The molecule has 32 heavy (non-hydrogen) atoms. The second kappa shape index (κ2) is 10.9. The van der Waals surface area contributed by atoms with E-state index in [0.717, 1.165) is 24.2 Å². The average molecular weight is 477 g/mol. The summed E-state index contributed by atoms with van der Waals surface area (Å²) < 4.78 is 24.4. The van der Waals surface area contributed by atoms with Crippen molar-refractivity contribution < 1.29 is 18.3 Å². The predicted octanol–water partition coefficient (Wildman–Crippen LogP) is 3.81. The summed E-state index contributed by atoms with van der Waals surface area (Å²) in [7, 11) is 0. The fraction of sp³-hybridized carbons (Fsp3) is 0.318. The third-order valence-corrected chi connectivity index (χ3v) is 6.13. The fourth-order valence-corrected chi connectivity index (χ4v) is 4.12. The first-order valence-electron chi connectivity index (χ1n) is 10.1. The molecule has 0 spiro atoms. The second-order valence-corrected chi connectivity index (χ2v) is 8.55. The highest BCUT2D eigenvalue weighted by molar-refractivity contribution is 7.99. The van der Waals surface area contributed by atoms with Crippen LogP contribution in [-0.4, -0.2) is 59.6 Å². The van der Waals surface area contributed by atoms with Crippen molar-refractivity contribution in [2.75, 3.05) is 38.6 Å². The van der Waals surface area contributed by atoms with Crippen molar-refractivity contribution in [3.63, 3.8) is 0 Å². The van der Waals surface area contributed by atoms with Crippen LogP contribution in [0, 0.1) is 5.82 Å². The molecular weight excluding hydrogens is 455 g/mol. The summed E-state index contributed by atoms with van der Waals surface area (Å²) in [4.78, 5) is 14.7. The van der Waals surface area contributed by atoms with Gasteiger partial charge in [0, 0.05) is 30.2 Å². The van der Waals surface area contributed by atoms with Gasteiger partial charge >= 0.3 is 0 Å². The zero-order chi connectivity index (χ0) is 22.3. The lowest BCUT2D eigenvalue weighted by atomic mass is 10.0. The Bertz CT molecular complexity index is 1030. The summed E-state index contributed by atoms with van der Waals surface area (Å²) in [5.41, 5.74) is 1.71. The monoisotopic (exact) mass is 476 g/mol. The van der Waals surface area contributed by atoms with Crippen LogP contribution in [0.1, 0.15) is 11.6 Å². The molecule has 168 valence electrons. The van der Waals surface area contributed by atoms with Crippen LogP contribution < -0.4 is 5.32 Å². The van der Waals surface area contributed by atoms with Crippen LogP contribution in [0.5, 0.6) is 0 Å². The number of hydrogen-bond donors (Lipinski definition) is 1. The Hall–Kier alpha value is -2.46. The van der Waals surface area contributed by atoms with Gasteiger partial charge in [-0.1, -0.05) is 35.5 Å². The molecular formula is C22H22ClFN4O3S. The molecule has 1 amide bonds. The molecule has 1 aliphatic heterocycles. The quantitative estimate of drug-likeness (QED) is 0.495. The van der Waals surface area contributed by atoms with E-state index in [1.54, 1.807) is 36.4 Å². The van der Waals surface area contributed by atoms with Gasteiger partial charge in [-0.3, -0.25) is 9.69 Å². The Morgan fingerprint density at radius 2 is 1.84 bits per heavy atom. The molecule has 0 bridgehead atoms. The second-order valence-electron chi connectivity index (χ2n) is 7.19. The fourth-order valence-electron chi connectivity index (χ4n) is 3.40. The minimum Gasteiger partial charge on any atom is -0.411 e. The van der Waals surface area contributed by atoms with E-state index < -0.39 is 0 Å². The average Bonchev–Trinajstić information content (AvgIpc) is 3.29. The Labute approximate surface area is 194 Å². The number of thioether (sulfide) groups is 1. The molecule has 7 nitrogen and oxygen atoms in total. The Balaban J connectivity index is 1.32. The number of nitrogens with one attached hydrogen (secondary N) is 1. The van der Waals surface area contributed by atoms with E-state index in [9.17, 15) is 9.18 Å². The van der Waals surface area contributed by atoms with Crippen LogP contribution in [-0.2, 0) is 9.53 Å². The van der Waals surface area contributed by atoms with E-state index in [0.29, 0.717) is 35.9 Å². The van der Waals surface area contributed by atoms with Crippen molar-refractivity contribution >= 4 is 29.3 Å². The highest BCUT2D eigenvalue weighted by Gasteiger charge is 2.23. The summed E-state index contributed by atoms with van der Waals surface area (Å²) >= 11 is 7.07. The summed E-state index contributed by atoms with van der Waals surface area (Å²) in [5, 5.41) is 11.9. The number of carbonyl (C=O) groups excluding carboxylic acids is 1. The molecule has 1 aliphatic rings. The number of halogens is 2. The van der Waals surface area contributed by atoms with Crippen molar-refractivity contribution in [1.82, 2.24) is 20.4 Å². The van der Waals surface area contributed by atoms with E-state index >= 15 is 0 Å². The lowest BCUT2D eigenvalue weighted by Gasteiger charge is -2.35. The van der Waals surface area contributed by atoms with Crippen molar-refractivity contribution in [2.24, 2.45) is 0 Å². The molecule has 2 heterocycles. The molecule has 1 N–H and O–H groups in total. The Morgan fingerprint density at radius 3 is 2.56 bits per heavy atom. The molecule has 0 saturated carbocycles. The molecule has 1 aromatic heterocycles. The lowest BCUT2D eigenvalue weighted by molar-refractivity contribution is -0.118. The first-order valence-corrected chi connectivity index (χ1v) is 11.5. The zero-order valence-corrected chi connectivity index (χ0v) is 18.7. The number of ether oxygens (including phenoxy) is 1. The summed E-state index contributed by atoms with van der Waals surface area (Å²) in [6, 6.07) is 13.4. The number of hydrogen-bond acceptors (Lipinski definition) is 7. The summed E-state index contributed by atoms with van der Waals surface area (Å²) in [5.74, 6) is 0.0731. The number of benzene rings is 2. The van der Waals surface area contributed by atoms with Gasteiger partial charge in [0.25, 0.3) is 5.22 Å². The van der Waals surface area contributed by atoms with Crippen LogP contribution in [0.4, 0.5) is 4.39 Å². The molecule has 4 rings (SSSR count). The largest absolute Gasteiger partial charge is 0.411 e. The Kier molecular flexibility index (Phi) is 7.75. The van der Waals surface area contributed by atoms with Gasteiger partial charge in [-0.15, -0.1) is 10.2 Å². The number of carbonyl (C=O) groups is 1. The van der Waals surface area contributed by atoms with Gasteiger partial charge in [0.1, 0.15) is 5.82 Å². The van der Waals surface area contributed by atoms with Crippen molar-refractivity contribution in [3.05, 3.63) is 64.9 Å². The highest BCUT2D eigenvalue weighted by Crippen LogP contribution is 2.25.